The van der Waals surface area contributed by atoms with Crippen LogP contribution in [0.2, 0.25) is 15.1 Å². The minimum absolute atomic E-state index is 0.0342. The van der Waals surface area contributed by atoms with E-state index in [9.17, 15) is 18.0 Å². The average molecular weight is 701 g/mol. The summed E-state index contributed by atoms with van der Waals surface area (Å²) in [6.07, 6.45) is 0.185. The minimum Gasteiger partial charge on any atom is -0.350 e. The number of hydrogen-bond acceptors (Lipinski definition) is 4. The molecule has 0 aliphatic rings. The van der Waals surface area contributed by atoms with Crippen LogP contribution in [0.5, 0.6) is 0 Å². The monoisotopic (exact) mass is 699 g/mol. The van der Waals surface area contributed by atoms with E-state index in [0.29, 0.717) is 21.3 Å². The third kappa shape index (κ3) is 9.26. The van der Waals surface area contributed by atoms with Gasteiger partial charge < -0.3 is 10.2 Å². The summed E-state index contributed by atoms with van der Waals surface area (Å²) >= 11 is 18.6. The normalized spacial score (nSPS) is 12.3. The molecule has 7 nitrogen and oxygen atoms in total. The van der Waals surface area contributed by atoms with E-state index in [2.05, 4.69) is 5.32 Å². The van der Waals surface area contributed by atoms with Crippen LogP contribution in [0.15, 0.2) is 102 Å². The Labute approximate surface area is 286 Å². The van der Waals surface area contributed by atoms with Crippen LogP contribution in [0.25, 0.3) is 0 Å². The maximum absolute atomic E-state index is 14.5. The van der Waals surface area contributed by atoms with E-state index in [1.807, 2.05) is 58.0 Å². The molecule has 0 bridgehead atoms. The quantitative estimate of drug-likeness (QED) is 0.174. The molecule has 0 saturated heterocycles. The third-order valence-corrected chi connectivity index (χ3v) is 9.89. The number of sulfonamides is 1. The number of hydrogen-bond donors (Lipinski definition) is 1. The second kappa shape index (κ2) is 14.9. The van der Waals surface area contributed by atoms with Crippen molar-refractivity contribution in [3.63, 3.8) is 0 Å². The highest BCUT2D eigenvalue weighted by Crippen LogP contribution is 2.28. The lowest BCUT2D eigenvalue weighted by Gasteiger charge is -2.35. The zero-order chi connectivity index (χ0) is 33.6. The molecule has 1 N–H and O–H groups in total. The number of nitrogens with one attached hydrogen (secondary N) is 1. The van der Waals surface area contributed by atoms with E-state index in [0.717, 1.165) is 15.4 Å². The first-order chi connectivity index (χ1) is 21.6. The molecule has 0 spiro atoms. The molecule has 4 aromatic rings. The molecule has 11 heteroatoms. The number of anilines is 1. The van der Waals surface area contributed by atoms with Crippen molar-refractivity contribution < 1.29 is 18.0 Å². The van der Waals surface area contributed by atoms with Gasteiger partial charge >= 0.3 is 0 Å². The molecule has 0 aliphatic heterocycles. The molecule has 0 aromatic heterocycles. The van der Waals surface area contributed by atoms with Gasteiger partial charge in [-0.3, -0.25) is 13.9 Å². The van der Waals surface area contributed by atoms with Gasteiger partial charge in [0.05, 0.1) is 20.6 Å². The first kappa shape index (κ1) is 35.3. The molecule has 4 rings (SSSR count). The van der Waals surface area contributed by atoms with E-state index in [1.165, 1.54) is 29.2 Å². The first-order valence-electron chi connectivity index (χ1n) is 14.6. The molecule has 1 atom stereocenters. The Hall–Kier alpha value is -3.56. The van der Waals surface area contributed by atoms with Crippen LogP contribution in [0.3, 0.4) is 0 Å². The maximum Gasteiger partial charge on any atom is 0.264 e. The van der Waals surface area contributed by atoms with E-state index < -0.39 is 34.1 Å². The lowest BCUT2D eigenvalue weighted by atomic mass is 10.0. The number of carbonyl (C=O) groups excluding carboxylic acids is 2. The van der Waals surface area contributed by atoms with Crippen LogP contribution in [0, 0.1) is 6.92 Å². The molecule has 2 amide bonds. The van der Waals surface area contributed by atoms with Crippen molar-refractivity contribution in [3.8, 4) is 0 Å². The van der Waals surface area contributed by atoms with Gasteiger partial charge in [-0.2, -0.15) is 0 Å². The average Bonchev–Trinajstić information content (AvgIpc) is 2.99. The fourth-order valence-electron chi connectivity index (χ4n) is 4.82. The molecule has 0 saturated carbocycles. The zero-order valence-electron chi connectivity index (χ0n) is 26.0. The van der Waals surface area contributed by atoms with Crippen LogP contribution < -0.4 is 9.62 Å². The Morgan fingerprint density at radius 3 is 2.02 bits per heavy atom. The Morgan fingerprint density at radius 1 is 0.804 bits per heavy atom. The van der Waals surface area contributed by atoms with Crippen molar-refractivity contribution in [1.29, 1.82) is 0 Å². The smallest absolute Gasteiger partial charge is 0.264 e. The highest BCUT2D eigenvalue weighted by atomic mass is 35.5. The third-order valence-electron chi connectivity index (χ3n) is 7.11. The molecule has 0 unspecified atom stereocenters. The van der Waals surface area contributed by atoms with Crippen molar-refractivity contribution in [1.82, 2.24) is 10.2 Å². The van der Waals surface area contributed by atoms with Crippen LogP contribution in [0.1, 0.15) is 37.5 Å². The molecular weight excluding hydrogens is 665 g/mol. The van der Waals surface area contributed by atoms with Crippen molar-refractivity contribution >= 4 is 62.3 Å². The molecule has 242 valence electrons. The maximum atomic E-state index is 14.5. The van der Waals surface area contributed by atoms with Crippen molar-refractivity contribution in [2.75, 3.05) is 10.8 Å². The molecule has 4 aromatic carbocycles. The Morgan fingerprint density at radius 2 is 1.43 bits per heavy atom. The Kier molecular flexibility index (Phi) is 11.4. The summed E-state index contributed by atoms with van der Waals surface area (Å²) in [5, 5.41) is 4.01. The van der Waals surface area contributed by atoms with Gasteiger partial charge in [0.15, 0.2) is 0 Å². The minimum atomic E-state index is -4.24. The highest BCUT2D eigenvalue weighted by molar-refractivity contribution is 7.92. The molecular formula is C35H36Cl3N3O4S. The van der Waals surface area contributed by atoms with Crippen LogP contribution in [0.4, 0.5) is 5.69 Å². The summed E-state index contributed by atoms with van der Waals surface area (Å²) in [5.41, 5.74) is 2.06. The fourth-order valence-corrected chi connectivity index (χ4v) is 6.68. The van der Waals surface area contributed by atoms with E-state index in [4.69, 9.17) is 34.8 Å². The van der Waals surface area contributed by atoms with Gasteiger partial charge in [0.2, 0.25) is 11.8 Å². The van der Waals surface area contributed by atoms with Crippen molar-refractivity contribution in [2.24, 2.45) is 0 Å². The highest BCUT2D eigenvalue weighted by Gasteiger charge is 2.35. The molecule has 0 fully saturated rings. The van der Waals surface area contributed by atoms with Gasteiger partial charge in [-0.1, -0.05) is 88.9 Å². The first-order valence-corrected chi connectivity index (χ1v) is 17.2. The summed E-state index contributed by atoms with van der Waals surface area (Å²) in [4.78, 5) is 29.9. The predicted molar refractivity (Wildman–Crippen MR) is 186 cm³/mol. The number of halogens is 3. The van der Waals surface area contributed by atoms with Gasteiger partial charge in [-0.05, 0) is 87.4 Å². The standard InChI is InChI=1S/C35H36Cl3N3O4S/c1-24-10-15-28(16-11-24)41(46(44,45)29-17-13-27(36)14-18-29)23-33(42)40(22-26-12-19-30(37)31(38)20-26)32(34(43)39-35(2,3)4)21-25-8-6-5-7-9-25/h5-20,32H,21-23H2,1-4H3,(H,39,43)/t32-/m1/s1. The summed E-state index contributed by atoms with van der Waals surface area (Å²) in [6.45, 7) is 6.83. The Bertz CT molecular complexity index is 1780. The van der Waals surface area contributed by atoms with Gasteiger partial charge in [0, 0.05) is 23.5 Å². The van der Waals surface area contributed by atoms with Gasteiger partial charge in [0.25, 0.3) is 10.0 Å². The number of benzene rings is 4. The largest absolute Gasteiger partial charge is 0.350 e. The summed E-state index contributed by atoms with van der Waals surface area (Å²) in [5.74, 6) is -0.971. The van der Waals surface area contributed by atoms with Crippen molar-refractivity contribution in [3.05, 3.63) is 129 Å². The predicted octanol–water partition coefficient (Wildman–Crippen LogP) is 7.71. The van der Waals surface area contributed by atoms with E-state index in [-0.39, 0.29) is 28.8 Å². The SMILES string of the molecule is Cc1ccc(N(CC(=O)N(Cc2ccc(Cl)c(Cl)c2)[C@H](Cc2ccccc2)C(=O)NC(C)(C)C)S(=O)(=O)c2ccc(Cl)cc2)cc1. The second-order valence-electron chi connectivity index (χ2n) is 12.0. The number of rotatable bonds is 11. The van der Waals surface area contributed by atoms with Crippen LogP contribution >= 0.6 is 34.8 Å². The summed E-state index contributed by atoms with van der Waals surface area (Å²) in [7, 11) is -4.24. The van der Waals surface area contributed by atoms with E-state index in [1.54, 1.807) is 42.5 Å². The number of nitrogens with zero attached hydrogens (tertiary/aromatic N) is 2. The fraction of sp³-hybridized carbons (Fsp3) is 0.257. The van der Waals surface area contributed by atoms with Crippen LogP contribution in [-0.2, 0) is 32.6 Å². The topological polar surface area (TPSA) is 86.8 Å². The van der Waals surface area contributed by atoms with Crippen LogP contribution in [-0.4, -0.2) is 43.3 Å². The molecule has 0 radical (unpaired) electrons. The number of amides is 2. The molecule has 0 heterocycles. The lowest BCUT2D eigenvalue weighted by molar-refractivity contribution is -0.140. The lowest BCUT2D eigenvalue weighted by Crippen LogP contribution is -2.56. The van der Waals surface area contributed by atoms with E-state index >= 15 is 0 Å². The Balaban J connectivity index is 1.83. The van der Waals surface area contributed by atoms with Gasteiger partial charge in [-0.15, -0.1) is 0 Å². The molecule has 46 heavy (non-hydrogen) atoms. The van der Waals surface area contributed by atoms with Gasteiger partial charge in [0.1, 0.15) is 12.6 Å². The van der Waals surface area contributed by atoms with Crippen molar-refractivity contribution in [2.45, 2.75) is 57.1 Å². The number of carbonyl (C=O) groups is 2. The summed E-state index contributed by atoms with van der Waals surface area (Å²) in [6, 6.07) is 25.9. The summed E-state index contributed by atoms with van der Waals surface area (Å²) < 4.78 is 29.3. The molecule has 0 aliphatic carbocycles. The second-order valence-corrected chi connectivity index (χ2v) is 15.1. The zero-order valence-corrected chi connectivity index (χ0v) is 29.1. The van der Waals surface area contributed by atoms with Gasteiger partial charge in [-0.25, -0.2) is 8.42 Å². The number of aryl methyl sites for hydroxylation is 1.